The summed E-state index contributed by atoms with van der Waals surface area (Å²) in [7, 11) is 0. The van der Waals surface area contributed by atoms with Gasteiger partial charge in [-0.05, 0) is 61.7 Å². The van der Waals surface area contributed by atoms with Crippen LogP contribution in [0.3, 0.4) is 0 Å². The smallest absolute Gasteiger partial charge is 0.319 e. The summed E-state index contributed by atoms with van der Waals surface area (Å²) >= 11 is 0. The lowest BCUT2D eigenvalue weighted by Gasteiger charge is -2.28. The van der Waals surface area contributed by atoms with Crippen molar-refractivity contribution >= 4 is 23.3 Å². The number of nitro benzene ring substituents is 1. The highest BCUT2D eigenvalue weighted by atomic mass is 16.6. The van der Waals surface area contributed by atoms with Crippen molar-refractivity contribution in [1.29, 1.82) is 0 Å². The fourth-order valence-electron chi connectivity index (χ4n) is 3.28. The zero-order chi connectivity index (χ0) is 20.4. The number of amides is 3. The van der Waals surface area contributed by atoms with Crippen molar-refractivity contribution in [1.82, 2.24) is 10.6 Å². The molecule has 8 heteroatoms. The van der Waals surface area contributed by atoms with Crippen LogP contribution in [0.2, 0.25) is 0 Å². The van der Waals surface area contributed by atoms with E-state index in [4.69, 9.17) is 0 Å². The standard InChI is InChI=1S/C20H20N4O4/c1-11-8-12(2)10-15(9-11)22-19(25)17-13(3)21-20(26)23-18(17)14-4-6-16(7-5-14)24(27)28/h4-10,18H,1-3H3,(H,22,25)(H2,21,23,26)/t18-/m1/s1. The molecule has 1 atom stereocenters. The van der Waals surface area contributed by atoms with Gasteiger partial charge in [-0.15, -0.1) is 0 Å². The van der Waals surface area contributed by atoms with E-state index in [0.717, 1.165) is 11.1 Å². The quantitative estimate of drug-likeness (QED) is 0.556. The number of allylic oxidation sites excluding steroid dienone is 1. The molecule has 0 radical (unpaired) electrons. The predicted octanol–water partition coefficient (Wildman–Crippen LogP) is 3.48. The number of hydrogen-bond acceptors (Lipinski definition) is 4. The lowest BCUT2D eigenvalue weighted by molar-refractivity contribution is -0.384. The van der Waals surface area contributed by atoms with Gasteiger partial charge >= 0.3 is 6.03 Å². The van der Waals surface area contributed by atoms with Gasteiger partial charge < -0.3 is 16.0 Å². The highest BCUT2D eigenvalue weighted by molar-refractivity contribution is 6.06. The summed E-state index contributed by atoms with van der Waals surface area (Å²) in [4.78, 5) is 35.3. The Hall–Kier alpha value is -3.68. The minimum Gasteiger partial charge on any atom is -0.327 e. The van der Waals surface area contributed by atoms with Crippen LogP contribution in [0.4, 0.5) is 16.2 Å². The Labute approximate surface area is 161 Å². The maximum absolute atomic E-state index is 13.0. The Bertz CT molecular complexity index is 976. The van der Waals surface area contributed by atoms with E-state index < -0.39 is 17.0 Å². The maximum Gasteiger partial charge on any atom is 0.319 e. The number of carbonyl (C=O) groups is 2. The molecule has 144 valence electrons. The van der Waals surface area contributed by atoms with Crippen LogP contribution in [0.15, 0.2) is 53.7 Å². The van der Waals surface area contributed by atoms with Crippen LogP contribution in [0, 0.1) is 24.0 Å². The largest absolute Gasteiger partial charge is 0.327 e. The summed E-state index contributed by atoms with van der Waals surface area (Å²) in [5.41, 5.74) is 3.96. The third-order valence-corrected chi connectivity index (χ3v) is 4.43. The van der Waals surface area contributed by atoms with Crippen LogP contribution in [0.25, 0.3) is 0 Å². The van der Waals surface area contributed by atoms with E-state index in [1.165, 1.54) is 24.3 Å². The Morgan fingerprint density at radius 1 is 1.07 bits per heavy atom. The normalized spacial score (nSPS) is 16.2. The third-order valence-electron chi connectivity index (χ3n) is 4.43. The van der Waals surface area contributed by atoms with E-state index in [1.807, 2.05) is 32.0 Å². The number of hydrogen-bond donors (Lipinski definition) is 3. The number of carbonyl (C=O) groups excluding carboxylic acids is 2. The summed E-state index contributed by atoms with van der Waals surface area (Å²) in [5.74, 6) is -0.363. The molecule has 3 N–H and O–H groups in total. The summed E-state index contributed by atoms with van der Waals surface area (Å²) in [5, 5.41) is 19.1. The summed E-state index contributed by atoms with van der Waals surface area (Å²) in [6.45, 7) is 5.53. The molecule has 0 fully saturated rings. The van der Waals surface area contributed by atoms with Gasteiger partial charge in [-0.2, -0.15) is 0 Å². The molecule has 3 rings (SSSR count). The second-order valence-electron chi connectivity index (χ2n) is 6.75. The van der Waals surface area contributed by atoms with Crippen molar-refractivity contribution in [2.45, 2.75) is 26.8 Å². The van der Waals surface area contributed by atoms with E-state index in [9.17, 15) is 19.7 Å². The van der Waals surface area contributed by atoms with Crippen molar-refractivity contribution in [3.8, 4) is 0 Å². The van der Waals surface area contributed by atoms with Gasteiger partial charge in [0.1, 0.15) is 0 Å². The van der Waals surface area contributed by atoms with Crippen molar-refractivity contribution in [2.24, 2.45) is 0 Å². The number of non-ortho nitro benzene ring substituents is 1. The van der Waals surface area contributed by atoms with Gasteiger partial charge in [-0.3, -0.25) is 14.9 Å². The van der Waals surface area contributed by atoms with Crippen LogP contribution >= 0.6 is 0 Å². The van der Waals surface area contributed by atoms with E-state index >= 15 is 0 Å². The Balaban J connectivity index is 1.94. The van der Waals surface area contributed by atoms with Gasteiger partial charge in [0.15, 0.2) is 0 Å². The molecule has 28 heavy (non-hydrogen) atoms. The molecule has 0 bridgehead atoms. The highest BCUT2D eigenvalue weighted by Gasteiger charge is 2.31. The number of benzene rings is 2. The minimum absolute atomic E-state index is 0.0639. The lowest BCUT2D eigenvalue weighted by Crippen LogP contribution is -2.45. The van der Waals surface area contributed by atoms with E-state index in [-0.39, 0.29) is 11.6 Å². The second kappa shape index (κ2) is 7.51. The molecular formula is C20H20N4O4. The van der Waals surface area contributed by atoms with Crippen LogP contribution in [-0.4, -0.2) is 16.9 Å². The number of rotatable bonds is 4. The molecule has 0 saturated heterocycles. The van der Waals surface area contributed by atoms with Crippen LogP contribution in [-0.2, 0) is 4.79 Å². The molecule has 0 aromatic heterocycles. The van der Waals surface area contributed by atoms with Crippen LogP contribution in [0.5, 0.6) is 0 Å². The zero-order valence-corrected chi connectivity index (χ0v) is 15.7. The number of aryl methyl sites for hydroxylation is 2. The van der Waals surface area contributed by atoms with Gasteiger partial charge in [0.05, 0.1) is 16.5 Å². The van der Waals surface area contributed by atoms with Crippen molar-refractivity contribution in [3.63, 3.8) is 0 Å². The van der Waals surface area contributed by atoms with E-state index in [2.05, 4.69) is 16.0 Å². The van der Waals surface area contributed by atoms with Gasteiger partial charge in [0.2, 0.25) is 0 Å². The number of nitrogens with one attached hydrogen (secondary N) is 3. The van der Waals surface area contributed by atoms with E-state index in [0.29, 0.717) is 22.5 Å². The molecule has 3 amide bonds. The molecule has 0 saturated carbocycles. The molecule has 1 aliphatic rings. The fraction of sp³-hybridized carbons (Fsp3) is 0.200. The average Bonchev–Trinajstić information content (AvgIpc) is 2.60. The number of nitro groups is 1. The average molecular weight is 380 g/mol. The number of urea groups is 1. The molecule has 2 aromatic carbocycles. The molecule has 0 spiro atoms. The summed E-state index contributed by atoms with van der Waals surface area (Å²) in [6.07, 6.45) is 0. The SMILES string of the molecule is CC1=C(C(=O)Nc2cc(C)cc(C)c2)[C@@H](c2ccc([N+](=O)[O-])cc2)NC(=O)N1. The van der Waals surface area contributed by atoms with Gasteiger partial charge in [0.25, 0.3) is 11.6 Å². The first-order valence-electron chi connectivity index (χ1n) is 8.67. The van der Waals surface area contributed by atoms with Crippen molar-refractivity contribution in [3.05, 3.63) is 80.5 Å². The van der Waals surface area contributed by atoms with Gasteiger partial charge in [-0.25, -0.2) is 4.79 Å². The molecule has 1 aliphatic heterocycles. The van der Waals surface area contributed by atoms with Crippen LogP contribution < -0.4 is 16.0 Å². The minimum atomic E-state index is -0.722. The summed E-state index contributed by atoms with van der Waals surface area (Å²) in [6, 6.07) is 10.3. The molecule has 1 heterocycles. The monoisotopic (exact) mass is 380 g/mol. The molecule has 0 aliphatic carbocycles. The molecule has 8 nitrogen and oxygen atoms in total. The molecule has 0 unspecified atom stereocenters. The van der Waals surface area contributed by atoms with Gasteiger partial charge in [0, 0.05) is 23.5 Å². The first kappa shape index (κ1) is 19.1. The summed E-state index contributed by atoms with van der Waals surface area (Å²) < 4.78 is 0. The Morgan fingerprint density at radius 3 is 2.25 bits per heavy atom. The lowest BCUT2D eigenvalue weighted by atomic mass is 9.94. The zero-order valence-electron chi connectivity index (χ0n) is 15.7. The molecular weight excluding hydrogens is 360 g/mol. The first-order valence-corrected chi connectivity index (χ1v) is 8.67. The Morgan fingerprint density at radius 2 is 1.68 bits per heavy atom. The van der Waals surface area contributed by atoms with Crippen molar-refractivity contribution < 1.29 is 14.5 Å². The Kier molecular flexibility index (Phi) is 5.12. The second-order valence-corrected chi connectivity index (χ2v) is 6.75. The highest BCUT2D eigenvalue weighted by Crippen LogP contribution is 2.29. The van der Waals surface area contributed by atoms with Crippen molar-refractivity contribution in [2.75, 3.05) is 5.32 Å². The molecule has 2 aromatic rings. The fourth-order valence-corrected chi connectivity index (χ4v) is 3.28. The van der Waals surface area contributed by atoms with Crippen LogP contribution in [0.1, 0.15) is 29.7 Å². The first-order chi connectivity index (χ1) is 13.2. The number of nitrogens with zero attached hydrogens (tertiary/aromatic N) is 1. The third kappa shape index (κ3) is 4.01. The van der Waals surface area contributed by atoms with Gasteiger partial charge in [-0.1, -0.05) is 6.07 Å². The number of anilines is 1. The maximum atomic E-state index is 13.0. The topological polar surface area (TPSA) is 113 Å². The van der Waals surface area contributed by atoms with E-state index in [1.54, 1.807) is 6.92 Å². The predicted molar refractivity (Wildman–Crippen MR) is 105 cm³/mol.